The molecule has 2 nitrogen and oxygen atoms in total. The average molecular weight is 425 g/mol. The number of amides is 1. The molecule has 0 N–H and O–H groups in total. The van der Waals surface area contributed by atoms with E-state index >= 15 is 0 Å². The van der Waals surface area contributed by atoms with Crippen molar-refractivity contribution in [2.24, 2.45) is 0 Å². The number of benzene rings is 1. The molecule has 1 amide bonds. The lowest BCUT2D eigenvalue weighted by Crippen LogP contribution is -2.40. The molecule has 9 heteroatoms. The first-order valence-corrected chi connectivity index (χ1v) is 7.13. The summed E-state index contributed by atoms with van der Waals surface area (Å²) in [7, 11) is 0. The summed E-state index contributed by atoms with van der Waals surface area (Å²) in [6.45, 7) is -1.90. The summed E-state index contributed by atoms with van der Waals surface area (Å²) >= 11 is 5.71. The fourth-order valence-electron chi connectivity index (χ4n) is 1.48. The Bertz CT molecular complexity index is 483. The van der Waals surface area contributed by atoms with Crippen molar-refractivity contribution in [3.8, 4) is 0 Å². The van der Waals surface area contributed by atoms with Crippen molar-refractivity contribution in [1.82, 2.24) is 4.90 Å². The van der Waals surface area contributed by atoms with Crippen molar-refractivity contribution in [3.05, 3.63) is 33.8 Å². The summed E-state index contributed by atoms with van der Waals surface area (Å²) in [6.07, 6.45) is -4.65. The van der Waals surface area contributed by atoms with Gasteiger partial charge >= 0.3 is 6.18 Å². The monoisotopic (exact) mass is 423 g/mol. The fourth-order valence-corrected chi connectivity index (χ4v) is 2.31. The van der Waals surface area contributed by atoms with Crippen LogP contribution >= 0.6 is 31.9 Å². The fraction of sp³-hybridized carbons (Fsp3) is 0.364. The van der Waals surface area contributed by atoms with Gasteiger partial charge in [0.15, 0.2) is 0 Å². The van der Waals surface area contributed by atoms with Crippen molar-refractivity contribution in [1.29, 1.82) is 0 Å². The Kier molecular flexibility index (Phi) is 5.93. The Labute approximate surface area is 128 Å². The molecule has 1 aromatic rings. The second-order valence-electron chi connectivity index (χ2n) is 3.78. The molecular formula is C11H8Br2F5NO. The van der Waals surface area contributed by atoms with Crippen LogP contribution in [0.1, 0.15) is 10.4 Å². The smallest absolute Gasteiger partial charge is 0.329 e. The van der Waals surface area contributed by atoms with Crippen molar-refractivity contribution < 1.29 is 26.7 Å². The highest BCUT2D eigenvalue weighted by Crippen LogP contribution is 2.23. The molecule has 1 rings (SSSR count). The Morgan fingerprint density at radius 3 is 2.10 bits per heavy atom. The van der Waals surface area contributed by atoms with Gasteiger partial charge in [-0.2, -0.15) is 13.2 Å². The van der Waals surface area contributed by atoms with E-state index in [1.807, 2.05) is 0 Å². The quantitative estimate of drug-likeness (QED) is 0.525. The van der Waals surface area contributed by atoms with E-state index in [9.17, 15) is 26.7 Å². The number of halogens is 7. The topological polar surface area (TPSA) is 20.3 Å². The van der Waals surface area contributed by atoms with Crippen LogP contribution in [0, 0.1) is 11.6 Å². The van der Waals surface area contributed by atoms with E-state index in [4.69, 9.17) is 0 Å². The van der Waals surface area contributed by atoms with Crippen LogP contribution in [0.15, 0.2) is 16.6 Å². The van der Waals surface area contributed by atoms with Gasteiger partial charge in [-0.3, -0.25) is 4.79 Å². The molecule has 0 heterocycles. The zero-order chi connectivity index (χ0) is 15.5. The van der Waals surface area contributed by atoms with Crippen LogP contribution in [0.3, 0.4) is 0 Å². The summed E-state index contributed by atoms with van der Waals surface area (Å²) in [5.41, 5.74) is -1.00. The van der Waals surface area contributed by atoms with Crippen molar-refractivity contribution in [3.63, 3.8) is 0 Å². The largest absolute Gasteiger partial charge is 0.406 e. The molecule has 0 unspecified atom stereocenters. The molecule has 0 aliphatic carbocycles. The summed E-state index contributed by atoms with van der Waals surface area (Å²) in [6, 6.07) is 1.63. The lowest BCUT2D eigenvalue weighted by molar-refractivity contribution is -0.140. The maximum absolute atomic E-state index is 13.6. The number of alkyl halides is 4. The van der Waals surface area contributed by atoms with Gasteiger partial charge in [0.05, 0.1) is 0 Å². The molecule has 1 aromatic carbocycles. The summed E-state index contributed by atoms with van der Waals surface area (Å²) in [5, 5.41) is 0.0502. The minimum Gasteiger partial charge on any atom is -0.329 e. The van der Waals surface area contributed by atoms with Crippen LogP contribution in [-0.4, -0.2) is 35.4 Å². The molecule has 0 aromatic heterocycles. The highest BCUT2D eigenvalue weighted by molar-refractivity contribution is 9.10. The van der Waals surface area contributed by atoms with E-state index in [1.165, 1.54) is 0 Å². The molecule has 112 valence electrons. The molecule has 0 fully saturated rings. The van der Waals surface area contributed by atoms with Crippen LogP contribution in [-0.2, 0) is 0 Å². The maximum Gasteiger partial charge on any atom is 0.406 e. The van der Waals surface area contributed by atoms with E-state index in [0.29, 0.717) is 4.90 Å². The second-order valence-corrected chi connectivity index (χ2v) is 5.48. The molecule has 0 bridgehead atoms. The zero-order valence-electron chi connectivity index (χ0n) is 9.78. The predicted molar refractivity (Wildman–Crippen MR) is 69.8 cm³/mol. The van der Waals surface area contributed by atoms with E-state index in [0.717, 1.165) is 12.1 Å². The van der Waals surface area contributed by atoms with Gasteiger partial charge in [0, 0.05) is 16.3 Å². The number of carbonyl (C=O) groups excluding carboxylic acids is 1. The van der Waals surface area contributed by atoms with Crippen LogP contribution in [0.25, 0.3) is 0 Å². The minimum atomic E-state index is -4.65. The third-order valence-corrected chi connectivity index (χ3v) is 3.05. The highest BCUT2D eigenvalue weighted by Gasteiger charge is 2.34. The minimum absolute atomic E-state index is 0.0481. The summed E-state index contributed by atoms with van der Waals surface area (Å²) in [5.74, 6) is -3.78. The van der Waals surface area contributed by atoms with Gasteiger partial charge in [0.1, 0.15) is 23.7 Å². The van der Waals surface area contributed by atoms with E-state index < -0.39 is 35.8 Å². The first-order chi connectivity index (χ1) is 9.15. The standard InChI is InChI=1S/C11H8Br2F5NO/c12-1-2-19(5-11(16,17)18)10(20)9-7(14)3-6(13)4-8(9)15/h3-4H,1-2,5H2. The van der Waals surface area contributed by atoms with Crippen LogP contribution in [0.4, 0.5) is 22.0 Å². The van der Waals surface area contributed by atoms with Crippen molar-refractivity contribution >= 4 is 37.8 Å². The lowest BCUT2D eigenvalue weighted by Gasteiger charge is -2.23. The Morgan fingerprint density at radius 2 is 1.70 bits per heavy atom. The van der Waals surface area contributed by atoms with Gasteiger partial charge in [0.25, 0.3) is 5.91 Å². The SMILES string of the molecule is O=C(c1c(F)cc(Br)cc1F)N(CCBr)CC(F)(F)F. The van der Waals surface area contributed by atoms with Gasteiger partial charge in [-0.15, -0.1) is 0 Å². The second kappa shape index (κ2) is 6.84. The Hall–Kier alpha value is -0.700. The third-order valence-electron chi connectivity index (χ3n) is 2.23. The van der Waals surface area contributed by atoms with Crippen LogP contribution < -0.4 is 0 Å². The molecule has 0 spiro atoms. The van der Waals surface area contributed by atoms with Gasteiger partial charge in [-0.05, 0) is 12.1 Å². The van der Waals surface area contributed by atoms with Crippen LogP contribution in [0.2, 0.25) is 0 Å². The van der Waals surface area contributed by atoms with Gasteiger partial charge in [-0.25, -0.2) is 8.78 Å². The van der Waals surface area contributed by atoms with Gasteiger partial charge in [0.2, 0.25) is 0 Å². The summed E-state index contributed by atoms with van der Waals surface area (Å²) in [4.78, 5) is 12.2. The predicted octanol–water partition coefficient (Wildman–Crippen LogP) is 4.13. The molecule has 0 atom stereocenters. The average Bonchev–Trinajstić information content (AvgIpc) is 2.24. The van der Waals surface area contributed by atoms with Gasteiger partial charge < -0.3 is 4.90 Å². The zero-order valence-corrected chi connectivity index (χ0v) is 12.9. The van der Waals surface area contributed by atoms with Crippen molar-refractivity contribution in [2.75, 3.05) is 18.4 Å². The van der Waals surface area contributed by atoms with Gasteiger partial charge in [-0.1, -0.05) is 31.9 Å². The maximum atomic E-state index is 13.6. The van der Waals surface area contributed by atoms with E-state index in [1.54, 1.807) is 0 Å². The first-order valence-electron chi connectivity index (χ1n) is 5.22. The number of hydrogen-bond acceptors (Lipinski definition) is 1. The molecule has 0 saturated carbocycles. The van der Waals surface area contributed by atoms with Crippen LogP contribution in [0.5, 0.6) is 0 Å². The normalized spacial score (nSPS) is 11.6. The van der Waals surface area contributed by atoms with E-state index in [2.05, 4.69) is 31.9 Å². The Morgan fingerprint density at radius 1 is 1.20 bits per heavy atom. The number of hydrogen-bond donors (Lipinski definition) is 0. The summed E-state index contributed by atoms with van der Waals surface area (Å²) < 4.78 is 64.3. The lowest BCUT2D eigenvalue weighted by atomic mass is 10.1. The molecule has 0 aliphatic rings. The molecule has 0 aliphatic heterocycles. The molecule has 0 radical (unpaired) electrons. The van der Waals surface area contributed by atoms with Crippen molar-refractivity contribution in [2.45, 2.75) is 6.18 Å². The molecular weight excluding hydrogens is 417 g/mol. The highest BCUT2D eigenvalue weighted by atomic mass is 79.9. The van der Waals surface area contributed by atoms with E-state index in [-0.39, 0.29) is 16.3 Å². The number of rotatable bonds is 4. The third kappa shape index (κ3) is 4.69. The Balaban J connectivity index is 3.13. The first kappa shape index (κ1) is 17.4. The number of nitrogens with zero attached hydrogens (tertiary/aromatic N) is 1. The number of carbonyl (C=O) groups is 1. The molecule has 20 heavy (non-hydrogen) atoms. The molecule has 0 saturated heterocycles.